The summed E-state index contributed by atoms with van der Waals surface area (Å²) in [6.45, 7) is 5.50. The van der Waals surface area contributed by atoms with Gasteiger partial charge in [-0.05, 0) is 26.7 Å². The Kier molecular flexibility index (Phi) is 6.76. The number of hydrogen-bond donors (Lipinski definition) is 1. The van der Waals surface area contributed by atoms with Crippen LogP contribution >= 0.6 is 11.6 Å². The first kappa shape index (κ1) is 17.2. The lowest BCUT2D eigenvalue weighted by Crippen LogP contribution is -2.49. The lowest BCUT2D eigenvalue weighted by Gasteiger charge is -2.34. The summed E-state index contributed by atoms with van der Waals surface area (Å²) >= 11 is 5.79. The zero-order valence-electron chi connectivity index (χ0n) is 12.6. The Morgan fingerprint density at radius 3 is 2.45 bits per heavy atom. The standard InChI is InChI=1S/C14H25ClN2O3/c1-14(2,10-15)13(19)16-11-4-7-17(8-5-11)12(18)6-9-20-3/h11H,4-10H2,1-3H3,(H,16,19). The molecule has 1 rings (SSSR count). The number of nitrogens with zero attached hydrogens (tertiary/aromatic N) is 1. The van der Waals surface area contributed by atoms with E-state index >= 15 is 0 Å². The molecule has 0 saturated carbocycles. The summed E-state index contributed by atoms with van der Waals surface area (Å²) in [6.07, 6.45) is 2.01. The van der Waals surface area contributed by atoms with Crippen LogP contribution in [-0.2, 0) is 14.3 Å². The van der Waals surface area contributed by atoms with Gasteiger partial charge in [0.2, 0.25) is 11.8 Å². The average molecular weight is 305 g/mol. The molecule has 1 heterocycles. The Labute approximate surface area is 126 Å². The summed E-state index contributed by atoms with van der Waals surface area (Å²) in [5, 5.41) is 3.03. The Bertz CT molecular complexity index is 339. The molecular weight excluding hydrogens is 280 g/mol. The number of hydrogen-bond acceptors (Lipinski definition) is 3. The van der Waals surface area contributed by atoms with E-state index in [1.165, 1.54) is 0 Å². The number of amides is 2. The lowest BCUT2D eigenvalue weighted by atomic mass is 9.93. The van der Waals surface area contributed by atoms with Gasteiger partial charge < -0.3 is 15.0 Å². The van der Waals surface area contributed by atoms with Gasteiger partial charge in [-0.15, -0.1) is 11.6 Å². The number of nitrogens with one attached hydrogen (secondary N) is 1. The van der Waals surface area contributed by atoms with Crippen molar-refractivity contribution in [1.82, 2.24) is 10.2 Å². The van der Waals surface area contributed by atoms with E-state index in [0.29, 0.717) is 32.0 Å². The van der Waals surface area contributed by atoms with Gasteiger partial charge in [-0.25, -0.2) is 0 Å². The van der Waals surface area contributed by atoms with Crippen molar-refractivity contribution >= 4 is 23.4 Å². The summed E-state index contributed by atoms with van der Waals surface area (Å²) in [7, 11) is 1.59. The van der Waals surface area contributed by atoms with E-state index in [1.54, 1.807) is 7.11 Å². The first-order valence-electron chi connectivity index (χ1n) is 7.04. The van der Waals surface area contributed by atoms with E-state index in [1.807, 2.05) is 18.7 Å². The largest absolute Gasteiger partial charge is 0.384 e. The molecule has 1 fully saturated rings. The highest BCUT2D eigenvalue weighted by molar-refractivity contribution is 6.19. The number of likely N-dealkylation sites (tertiary alicyclic amines) is 1. The van der Waals surface area contributed by atoms with Gasteiger partial charge in [0, 0.05) is 32.1 Å². The molecule has 0 atom stereocenters. The van der Waals surface area contributed by atoms with Crippen molar-refractivity contribution in [2.75, 3.05) is 32.7 Å². The molecule has 5 nitrogen and oxygen atoms in total. The minimum absolute atomic E-state index is 0.0170. The van der Waals surface area contributed by atoms with Crippen LogP contribution in [0.15, 0.2) is 0 Å². The molecule has 2 amide bonds. The third kappa shape index (κ3) is 4.94. The molecule has 116 valence electrons. The second-order valence-corrected chi connectivity index (χ2v) is 6.16. The zero-order valence-corrected chi connectivity index (χ0v) is 13.3. The van der Waals surface area contributed by atoms with Crippen LogP contribution in [0.4, 0.5) is 0 Å². The third-order valence-corrected chi connectivity index (χ3v) is 4.32. The molecule has 1 aliphatic rings. The summed E-state index contributed by atoms with van der Waals surface area (Å²) in [5.41, 5.74) is -0.549. The van der Waals surface area contributed by atoms with E-state index < -0.39 is 5.41 Å². The van der Waals surface area contributed by atoms with Gasteiger partial charge in [0.15, 0.2) is 0 Å². The maximum Gasteiger partial charge on any atom is 0.227 e. The van der Waals surface area contributed by atoms with Crippen LogP contribution in [0, 0.1) is 5.41 Å². The Morgan fingerprint density at radius 1 is 1.35 bits per heavy atom. The van der Waals surface area contributed by atoms with Crippen molar-refractivity contribution in [2.45, 2.75) is 39.2 Å². The molecule has 0 unspecified atom stereocenters. The van der Waals surface area contributed by atoms with Gasteiger partial charge in [-0.2, -0.15) is 0 Å². The first-order chi connectivity index (χ1) is 9.40. The average Bonchev–Trinajstić information content (AvgIpc) is 2.45. The predicted molar refractivity (Wildman–Crippen MR) is 78.7 cm³/mol. The number of rotatable bonds is 6. The number of halogens is 1. The maximum atomic E-state index is 12.0. The van der Waals surface area contributed by atoms with Crippen molar-refractivity contribution in [3.63, 3.8) is 0 Å². The SMILES string of the molecule is COCCC(=O)N1CCC(NC(=O)C(C)(C)CCl)CC1. The van der Waals surface area contributed by atoms with Crippen LogP contribution in [0.5, 0.6) is 0 Å². The van der Waals surface area contributed by atoms with Crippen LogP contribution in [-0.4, -0.2) is 55.4 Å². The highest BCUT2D eigenvalue weighted by Gasteiger charge is 2.30. The van der Waals surface area contributed by atoms with Crippen molar-refractivity contribution in [1.29, 1.82) is 0 Å². The zero-order chi connectivity index (χ0) is 15.2. The van der Waals surface area contributed by atoms with E-state index in [2.05, 4.69) is 5.32 Å². The van der Waals surface area contributed by atoms with E-state index in [9.17, 15) is 9.59 Å². The fourth-order valence-corrected chi connectivity index (χ4v) is 2.18. The quantitative estimate of drug-likeness (QED) is 0.755. The minimum Gasteiger partial charge on any atom is -0.384 e. The van der Waals surface area contributed by atoms with Crippen molar-refractivity contribution in [2.24, 2.45) is 5.41 Å². The number of ether oxygens (including phenoxy) is 1. The van der Waals surface area contributed by atoms with Crippen molar-refractivity contribution in [3.05, 3.63) is 0 Å². The molecule has 6 heteroatoms. The van der Waals surface area contributed by atoms with E-state index in [-0.39, 0.29) is 17.9 Å². The second-order valence-electron chi connectivity index (χ2n) is 5.89. The molecule has 1 aliphatic heterocycles. The molecule has 0 aliphatic carbocycles. The highest BCUT2D eigenvalue weighted by Crippen LogP contribution is 2.19. The molecule has 0 bridgehead atoms. The van der Waals surface area contributed by atoms with Crippen LogP contribution < -0.4 is 5.32 Å². The summed E-state index contributed by atoms with van der Waals surface area (Å²) in [5.74, 6) is 0.405. The molecule has 1 N–H and O–H groups in total. The fourth-order valence-electron chi connectivity index (χ4n) is 2.06. The van der Waals surface area contributed by atoms with Crippen molar-refractivity contribution < 1.29 is 14.3 Å². The van der Waals surface area contributed by atoms with Crippen LogP contribution in [0.25, 0.3) is 0 Å². The molecule has 0 aromatic rings. The second kappa shape index (κ2) is 7.84. The van der Waals surface area contributed by atoms with Gasteiger partial charge >= 0.3 is 0 Å². The third-order valence-electron chi connectivity index (χ3n) is 3.65. The van der Waals surface area contributed by atoms with E-state index in [0.717, 1.165) is 12.8 Å². The first-order valence-corrected chi connectivity index (χ1v) is 7.58. The molecule has 1 saturated heterocycles. The van der Waals surface area contributed by atoms with E-state index in [4.69, 9.17) is 16.3 Å². The molecule has 0 spiro atoms. The van der Waals surface area contributed by atoms with Gasteiger partial charge in [-0.3, -0.25) is 9.59 Å². The maximum absolute atomic E-state index is 12.0. The number of piperidine rings is 1. The van der Waals surface area contributed by atoms with Crippen molar-refractivity contribution in [3.8, 4) is 0 Å². The monoisotopic (exact) mass is 304 g/mol. The lowest BCUT2D eigenvalue weighted by molar-refractivity contribution is -0.133. The highest BCUT2D eigenvalue weighted by atomic mass is 35.5. The van der Waals surface area contributed by atoms with Gasteiger partial charge in [-0.1, -0.05) is 0 Å². The number of carbonyl (C=O) groups is 2. The topological polar surface area (TPSA) is 58.6 Å². The van der Waals surface area contributed by atoms with Gasteiger partial charge in [0.25, 0.3) is 0 Å². The molecule has 0 aromatic carbocycles. The number of carbonyl (C=O) groups excluding carboxylic acids is 2. The summed E-state index contributed by atoms with van der Waals surface area (Å²) < 4.78 is 4.91. The minimum atomic E-state index is -0.549. The smallest absolute Gasteiger partial charge is 0.227 e. The fraction of sp³-hybridized carbons (Fsp3) is 0.857. The molecular formula is C14H25ClN2O3. The van der Waals surface area contributed by atoms with Gasteiger partial charge in [0.1, 0.15) is 0 Å². The number of alkyl halides is 1. The summed E-state index contributed by atoms with van der Waals surface area (Å²) in [6, 6.07) is 0.136. The van der Waals surface area contributed by atoms with Crippen LogP contribution in [0.2, 0.25) is 0 Å². The van der Waals surface area contributed by atoms with Crippen LogP contribution in [0.3, 0.4) is 0 Å². The summed E-state index contributed by atoms with van der Waals surface area (Å²) in [4.78, 5) is 25.7. The predicted octanol–water partition coefficient (Wildman–Crippen LogP) is 1.40. The Morgan fingerprint density at radius 2 is 1.95 bits per heavy atom. The van der Waals surface area contributed by atoms with Crippen LogP contribution in [0.1, 0.15) is 33.1 Å². The van der Waals surface area contributed by atoms with Gasteiger partial charge in [0.05, 0.1) is 18.4 Å². The molecule has 0 aromatic heterocycles. The molecule has 20 heavy (non-hydrogen) atoms. The Hall–Kier alpha value is -0.810. The Balaban J connectivity index is 2.35. The normalized spacial score (nSPS) is 17.1. The number of methoxy groups -OCH3 is 1. The molecule has 0 radical (unpaired) electrons.